The Labute approximate surface area is 97.3 Å². The SMILES string of the molecule is O=C(CCC1CCNC1)N1CCCOCC1. The highest BCUT2D eigenvalue weighted by Crippen LogP contribution is 2.15. The minimum atomic E-state index is 0.317. The quantitative estimate of drug-likeness (QED) is 0.767. The van der Waals surface area contributed by atoms with E-state index in [-0.39, 0.29) is 0 Å². The van der Waals surface area contributed by atoms with E-state index in [1.807, 2.05) is 4.90 Å². The number of hydrogen-bond donors (Lipinski definition) is 1. The van der Waals surface area contributed by atoms with Crippen LogP contribution in [0.15, 0.2) is 0 Å². The zero-order valence-corrected chi connectivity index (χ0v) is 9.91. The monoisotopic (exact) mass is 226 g/mol. The van der Waals surface area contributed by atoms with E-state index in [4.69, 9.17) is 4.74 Å². The highest BCUT2D eigenvalue weighted by atomic mass is 16.5. The molecule has 4 nitrogen and oxygen atoms in total. The molecule has 1 atom stereocenters. The second-order valence-corrected chi connectivity index (χ2v) is 4.74. The molecule has 92 valence electrons. The molecule has 0 saturated carbocycles. The van der Waals surface area contributed by atoms with Gasteiger partial charge in [0.15, 0.2) is 0 Å². The van der Waals surface area contributed by atoms with Crippen LogP contribution in [-0.2, 0) is 9.53 Å². The first-order valence-corrected chi connectivity index (χ1v) is 6.42. The van der Waals surface area contributed by atoms with Crippen LogP contribution in [0.3, 0.4) is 0 Å². The lowest BCUT2D eigenvalue weighted by molar-refractivity contribution is -0.131. The van der Waals surface area contributed by atoms with Crippen LogP contribution in [-0.4, -0.2) is 50.2 Å². The number of nitrogens with zero attached hydrogens (tertiary/aromatic N) is 1. The van der Waals surface area contributed by atoms with Gasteiger partial charge < -0.3 is 15.0 Å². The number of nitrogens with one attached hydrogen (secondary N) is 1. The molecule has 2 saturated heterocycles. The van der Waals surface area contributed by atoms with Gasteiger partial charge in [-0.2, -0.15) is 0 Å². The lowest BCUT2D eigenvalue weighted by atomic mass is 10.0. The number of hydrogen-bond acceptors (Lipinski definition) is 3. The standard InChI is InChI=1S/C12H22N2O2/c15-12(3-2-11-4-5-13-10-11)14-6-1-8-16-9-7-14/h11,13H,1-10H2. The zero-order valence-electron chi connectivity index (χ0n) is 9.91. The molecule has 0 aliphatic carbocycles. The summed E-state index contributed by atoms with van der Waals surface area (Å²) in [6.07, 6.45) is 3.97. The van der Waals surface area contributed by atoms with Crippen LogP contribution in [0.1, 0.15) is 25.7 Å². The van der Waals surface area contributed by atoms with E-state index in [1.165, 1.54) is 6.42 Å². The molecule has 2 heterocycles. The number of carbonyl (C=O) groups excluding carboxylic acids is 1. The normalized spacial score (nSPS) is 26.8. The van der Waals surface area contributed by atoms with Crippen molar-refractivity contribution >= 4 is 5.91 Å². The Balaban J connectivity index is 1.69. The van der Waals surface area contributed by atoms with E-state index >= 15 is 0 Å². The molecule has 4 heteroatoms. The number of carbonyl (C=O) groups is 1. The van der Waals surface area contributed by atoms with Crippen molar-refractivity contribution in [2.24, 2.45) is 5.92 Å². The van der Waals surface area contributed by atoms with E-state index < -0.39 is 0 Å². The highest BCUT2D eigenvalue weighted by Gasteiger charge is 2.19. The first kappa shape index (κ1) is 11.9. The summed E-state index contributed by atoms with van der Waals surface area (Å²) in [6, 6.07) is 0. The van der Waals surface area contributed by atoms with E-state index in [1.54, 1.807) is 0 Å². The molecule has 1 unspecified atom stereocenters. The van der Waals surface area contributed by atoms with Crippen molar-refractivity contribution in [3.05, 3.63) is 0 Å². The summed E-state index contributed by atoms with van der Waals surface area (Å²) in [7, 11) is 0. The summed E-state index contributed by atoms with van der Waals surface area (Å²) in [6.45, 7) is 5.38. The Bertz CT molecular complexity index is 219. The summed E-state index contributed by atoms with van der Waals surface area (Å²) in [5, 5.41) is 3.34. The molecule has 16 heavy (non-hydrogen) atoms. The Morgan fingerprint density at radius 3 is 3.12 bits per heavy atom. The van der Waals surface area contributed by atoms with E-state index in [9.17, 15) is 4.79 Å². The van der Waals surface area contributed by atoms with Gasteiger partial charge in [0.05, 0.1) is 6.61 Å². The van der Waals surface area contributed by atoms with Crippen molar-refractivity contribution in [2.75, 3.05) is 39.4 Å². The molecule has 0 aromatic rings. The fraction of sp³-hybridized carbons (Fsp3) is 0.917. The third kappa shape index (κ3) is 3.46. The van der Waals surface area contributed by atoms with Crippen LogP contribution in [0, 0.1) is 5.92 Å². The smallest absolute Gasteiger partial charge is 0.222 e. The summed E-state index contributed by atoms with van der Waals surface area (Å²) < 4.78 is 5.35. The van der Waals surface area contributed by atoms with Gasteiger partial charge in [-0.15, -0.1) is 0 Å². The van der Waals surface area contributed by atoms with Crippen LogP contribution in [0.25, 0.3) is 0 Å². The van der Waals surface area contributed by atoms with E-state index in [0.717, 1.165) is 45.6 Å². The van der Waals surface area contributed by atoms with Crippen LogP contribution < -0.4 is 5.32 Å². The fourth-order valence-corrected chi connectivity index (χ4v) is 2.44. The second kappa shape index (κ2) is 6.21. The van der Waals surface area contributed by atoms with Crippen molar-refractivity contribution in [1.29, 1.82) is 0 Å². The van der Waals surface area contributed by atoms with Crippen LogP contribution in [0.2, 0.25) is 0 Å². The van der Waals surface area contributed by atoms with E-state index in [0.29, 0.717) is 24.9 Å². The molecule has 2 aliphatic heterocycles. The van der Waals surface area contributed by atoms with Crippen molar-refractivity contribution in [1.82, 2.24) is 10.2 Å². The Kier molecular flexibility index (Phi) is 4.60. The predicted molar refractivity (Wildman–Crippen MR) is 62.2 cm³/mol. The third-order valence-corrected chi connectivity index (χ3v) is 3.50. The minimum absolute atomic E-state index is 0.317. The van der Waals surface area contributed by atoms with Gasteiger partial charge in [-0.05, 0) is 38.3 Å². The van der Waals surface area contributed by atoms with Crippen LogP contribution in [0.4, 0.5) is 0 Å². The summed E-state index contributed by atoms with van der Waals surface area (Å²) >= 11 is 0. The van der Waals surface area contributed by atoms with Crippen molar-refractivity contribution in [2.45, 2.75) is 25.7 Å². The lowest BCUT2D eigenvalue weighted by Gasteiger charge is -2.20. The molecule has 0 bridgehead atoms. The molecule has 2 aliphatic rings. The minimum Gasteiger partial charge on any atom is -0.380 e. The Hall–Kier alpha value is -0.610. The molecule has 0 spiro atoms. The van der Waals surface area contributed by atoms with Gasteiger partial charge in [-0.3, -0.25) is 4.79 Å². The molecule has 0 radical (unpaired) electrons. The first-order chi connectivity index (χ1) is 7.86. The summed E-state index contributed by atoms with van der Waals surface area (Å²) in [5.74, 6) is 1.03. The zero-order chi connectivity index (χ0) is 11.2. The topological polar surface area (TPSA) is 41.6 Å². The maximum atomic E-state index is 12.0. The largest absolute Gasteiger partial charge is 0.380 e. The molecular formula is C12H22N2O2. The van der Waals surface area contributed by atoms with Gasteiger partial charge in [0.2, 0.25) is 5.91 Å². The van der Waals surface area contributed by atoms with Gasteiger partial charge in [-0.1, -0.05) is 0 Å². The first-order valence-electron chi connectivity index (χ1n) is 6.42. The molecule has 0 aromatic carbocycles. The third-order valence-electron chi connectivity index (χ3n) is 3.50. The van der Waals surface area contributed by atoms with Gasteiger partial charge in [-0.25, -0.2) is 0 Å². The summed E-state index contributed by atoms with van der Waals surface area (Å²) in [5.41, 5.74) is 0. The highest BCUT2D eigenvalue weighted by molar-refractivity contribution is 5.76. The Morgan fingerprint density at radius 1 is 1.38 bits per heavy atom. The molecular weight excluding hydrogens is 204 g/mol. The van der Waals surface area contributed by atoms with Crippen LogP contribution >= 0.6 is 0 Å². The van der Waals surface area contributed by atoms with Crippen molar-refractivity contribution in [3.8, 4) is 0 Å². The second-order valence-electron chi connectivity index (χ2n) is 4.74. The van der Waals surface area contributed by atoms with Gasteiger partial charge in [0, 0.05) is 26.1 Å². The molecule has 1 amide bonds. The summed E-state index contributed by atoms with van der Waals surface area (Å²) in [4.78, 5) is 13.9. The maximum absolute atomic E-state index is 12.0. The lowest BCUT2D eigenvalue weighted by Crippen LogP contribution is -2.33. The van der Waals surface area contributed by atoms with Gasteiger partial charge >= 0.3 is 0 Å². The number of ether oxygens (including phenoxy) is 1. The van der Waals surface area contributed by atoms with Gasteiger partial charge in [0.25, 0.3) is 0 Å². The molecule has 0 aromatic heterocycles. The number of amides is 1. The molecule has 2 rings (SSSR count). The average Bonchev–Trinajstić information content (AvgIpc) is 2.66. The van der Waals surface area contributed by atoms with Gasteiger partial charge in [0.1, 0.15) is 0 Å². The average molecular weight is 226 g/mol. The number of rotatable bonds is 3. The Morgan fingerprint density at radius 2 is 2.31 bits per heavy atom. The molecule has 2 fully saturated rings. The van der Waals surface area contributed by atoms with Crippen molar-refractivity contribution < 1.29 is 9.53 Å². The van der Waals surface area contributed by atoms with E-state index in [2.05, 4.69) is 5.32 Å². The van der Waals surface area contributed by atoms with Crippen molar-refractivity contribution in [3.63, 3.8) is 0 Å². The maximum Gasteiger partial charge on any atom is 0.222 e. The fourth-order valence-electron chi connectivity index (χ4n) is 2.44. The van der Waals surface area contributed by atoms with Crippen LogP contribution in [0.5, 0.6) is 0 Å². The molecule has 1 N–H and O–H groups in total. The predicted octanol–water partition coefficient (Wildman–Crippen LogP) is 0.625.